The van der Waals surface area contributed by atoms with Gasteiger partial charge in [0.15, 0.2) is 5.11 Å². The normalized spacial score (nSPS) is 11.0. The van der Waals surface area contributed by atoms with Crippen LogP contribution in [0.25, 0.3) is 6.08 Å². The summed E-state index contributed by atoms with van der Waals surface area (Å²) in [6.45, 7) is 6.34. The van der Waals surface area contributed by atoms with Gasteiger partial charge in [0, 0.05) is 22.9 Å². The van der Waals surface area contributed by atoms with Gasteiger partial charge in [0.2, 0.25) is 5.91 Å². The first-order valence-corrected chi connectivity index (χ1v) is 11.7. The Bertz CT molecular complexity index is 1260. The van der Waals surface area contributed by atoms with Gasteiger partial charge >= 0.3 is 0 Å². The lowest BCUT2D eigenvalue weighted by Crippen LogP contribution is -2.48. The zero-order valence-corrected chi connectivity index (χ0v) is 21.1. The van der Waals surface area contributed by atoms with Crippen LogP contribution in [0, 0.1) is 0 Å². The predicted octanol–water partition coefficient (Wildman–Crippen LogP) is 4.59. The summed E-state index contributed by atoms with van der Waals surface area (Å²) in [4.78, 5) is 36.9. The van der Waals surface area contributed by atoms with Crippen molar-refractivity contribution in [3.8, 4) is 0 Å². The maximum absolute atomic E-state index is 12.5. The fraction of sp³-hybridized carbons (Fsp3) is 0.143. The van der Waals surface area contributed by atoms with Gasteiger partial charge in [-0.3, -0.25) is 30.6 Å². The number of thiocarbonyl (C=S) groups is 1. The summed E-state index contributed by atoms with van der Waals surface area (Å²) in [5.74, 6) is -1.13. The smallest absolute Gasteiger partial charge is 0.269 e. The Morgan fingerprint density at radius 2 is 1.33 bits per heavy atom. The molecule has 3 amide bonds. The molecular weight excluding hydrogens is 472 g/mol. The number of benzene rings is 3. The zero-order valence-electron chi connectivity index (χ0n) is 20.3. The summed E-state index contributed by atoms with van der Waals surface area (Å²) in [6.07, 6.45) is 2.99. The zero-order chi connectivity index (χ0) is 26.1. The fourth-order valence-electron chi connectivity index (χ4n) is 3.14. The molecule has 0 saturated carbocycles. The van der Waals surface area contributed by atoms with Crippen molar-refractivity contribution < 1.29 is 14.4 Å². The van der Waals surface area contributed by atoms with Gasteiger partial charge in [0.05, 0.1) is 0 Å². The van der Waals surface area contributed by atoms with Crippen molar-refractivity contribution in [2.45, 2.75) is 26.2 Å². The summed E-state index contributed by atoms with van der Waals surface area (Å²) in [5, 5.41) is 5.22. The molecule has 0 atom stereocenters. The van der Waals surface area contributed by atoms with Crippen molar-refractivity contribution in [3.63, 3.8) is 0 Å². The molecule has 3 rings (SSSR count). The number of rotatable bonds is 5. The van der Waals surface area contributed by atoms with Crippen molar-refractivity contribution in [3.05, 3.63) is 107 Å². The van der Waals surface area contributed by atoms with Crippen molar-refractivity contribution in [2.24, 2.45) is 0 Å². The summed E-state index contributed by atoms with van der Waals surface area (Å²) in [7, 11) is 0. The third-order valence-electron chi connectivity index (χ3n) is 5.17. The van der Waals surface area contributed by atoms with Crippen LogP contribution >= 0.6 is 12.2 Å². The van der Waals surface area contributed by atoms with Gasteiger partial charge in [-0.1, -0.05) is 63.2 Å². The standard InChI is InChI=1S/C28H28N4O3S/c1-28(2,3)22-14-10-20(11-15-22)25(34)29-23-16-12-21(13-17-23)26(35)31-32-27(36)30-24(33)18-9-19-7-5-4-6-8-19/h4-18H,1-3H3,(H,29,34)(H,31,35)(H2,30,32,33,36). The Hall–Kier alpha value is -4.30. The van der Waals surface area contributed by atoms with Gasteiger partial charge in [0.25, 0.3) is 11.8 Å². The number of nitrogens with one attached hydrogen (secondary N) is 4. The van der Waals surface area contributed by atoms with Gasteiger partial charge in [-0.25, -0.2) is 0 Å². The van der Waals surface area contributed by atoms with Crippen LogP contribution < -0.4 is 21.5 Å². The molecule has 0 saturated heterocycles. The van der Waals surface area contributed by atoms with Crippen LogP contribution in [0.4, 0.5) is 5.69 Å². The third-order valence-corrected chi connectivity index (χ3v) is 5.38. The number of carbonyl (C=O) groups is 3. The topological polar surface area (TPSA) is 99.3 Å². The van der Waals surface area contributed by atoms with Gasteiger partial charge in [0.1, 0.15) is 0 Å². The van der Waals surface area contributed by atoms with E-state index in [0.717, 1.165) is 11.1 Å². The van der Waals surface area contributed by atoms with E-state index in [1.165, 1.54) is 6.08 Å². The summed E-state index contributed by atoms with van der Waals surface area (Å²) >= 11 is 5.03. The molecule has 0 aliphatic rings. The molecule has 3 aromatic carbocycles. The molecule has 0 aliphatic carbocycles. The van der Waals surface area contributed by atoms with Crippen molar-refractivity contribution in [1.29, 1.82) is 0 Å². The Morgan fingerprint density at radius 1 is 0.750 bits per heavy atom. The molecule has 0 aliphatic heterocycles. The van der Waals surface area contributed by atoms with E-state index < -0.39 is 11.8 Å². The second-order valence-corrected chi connectivity index (χ2v) is 9.41. The molecule has 3 aromatic rings. The van der Waals surface area contributed by atoms with E-state index in [4.69, 9.17) is 12.2 Å². The quantitative estimate of drug-likeness (QED) is 0.233. The highest BCUT2D eigenvalue weighted by molar-refractivity contribution is 7.80. The van der Waals surface area contributed by atoms with Gasteiger partial charge in [-0.2, -0.15) is 0 Å². The minimum atomic E-state index is -0.456. The van der Waals surface area contributed by atoms with E-state index >= 15 is 0 Å². The first-order chi connectivity index (χ1) is 17.1. The molecule has 0 aromatic heterocycles. The number of hydrogen-bond donors (Lipinski definition) is 4. The molecule has 7 nitrogen and oxygen atoms in total. The lowest BCUT2D eigenvalue weighted by atomic mass is 9.87. The van der Waals surface area contributed by atoms with Crippen LogP contribution in [0.15, 0.2) is 84.9 Å². The van der Waals surface area contributed by atoms with E-state index in [2.05, 4.69) is 42.3 Å². The van der Waals surface area contributed by atoms with Gasteiger partial charge in [-0.05, 0) is 71.2 Å². The molecule has 0 radical (unpaired) electrons. The van der Waals surface area contributed by atoms with E-state index in [9.17, 15) is 14.4 Å². The average Bonchev–Trinajstić information content (AvgIpc) is 2.86. The van der Waals surface area contributed by atoms with Crippen molar-refractivity contribution in [2.75, 3.05) is 5.32 Å². The van der Waals surface area contributed by atoms with Crippen LogP contribution in [-0.2, 0) is 10.2 Å². The summed E-state index contributed by atoms with van der Waals surface area (Å²) < 4.78 is 0. The van der Waals surface area contributed by atoms with Crippen LogP contribution in [0.2, 0.25) is 0 Å². The molecular formula is C28H28N4O3S. The Kier molecular flexibility index (Phi) is 8.70. The minimum absolute atomic E-state index is 0.00894. The molecule has 36 heavy (non-hydrogen) atoms. The molecule has 0 fully saturated rings. The summed E-state index contributed by atoms with van der Waals surface area (Å²) in [5.41, 5.74) is 8.38. The van der Waals surface area contributed by atoms with Crippen LogP contribution in [0.5, 0.6) is 0 Å². The van der Waals surface area contributed by atoms with Gasteiger partial charge in [-0.15, -0.1) is 0 Å². The average molecular weight is 501 g/mol. The molecule has 0 heterocycles. The SMILES string of the molecule is CC(C)(C)c1ccc(C(=O)Nc2ccc(C(=O)NNC(=S)NC(=O)C=Cc3ccccc3)cc2)cc1. The maximum atomic E-state index is 12.5. The van der Waals surface area contributed by atoms with Crippen LogP contribution in [0.1, 0.15) is 52.6 Å². The monoisotopic (exact) mass is 500 g/mol. The highest BCUT2D eigenvalue weighted by atomic mass is 32.1. The largest absolute Gasteiger partial charge is 0.322 e. The first kappa shape index (κ1) is 26.3. The number of hydrazine groups is 1. The minimum Gasteiger partial charge on any atom is -0.322 e. The third kappa shape index (κ3) is 7.89. The number of carbonyl (C=O) groups excluding carboxylic acids is 3. The van der Waals surface area contributed by atoms with E-state index in [1.807, 2.05) is 42.5 Å². The van der Waals surface area contributed by atoms with Gasteiger partial charge < -0.3 is 5.32 Å². The van der Waals surface area contributed by atoms with Crippen LogP contribution in [-0.4, -0.2) is 22.8 Å². The number of anilines is 1. The first-order valence-electron chi connectivity index (χ1n) is 11.3. The Morgan fingerprint density at radius 3 is 1.94 bits per heavy atom. The lowest BCUT2D eigenvalue weighted by Gasteiger charge is -2.19. The van der Waals surface area contributed by atoms with Crippen LogP contribution in [0.3, 0.4) is 0 Å². The molecule has 184 valence electrons. The second kappa shape index (κ2) is 11.9. The fourth-order valence-corrected chi connectivity index (χ4v) is 3.29. The molecule has 0 unspecified atom stereocenters. The maximum Gasteiger partial charge on any atom is 0.269 e. The highest BCUT2D eigenvalue weighted by Crippen LogP contribution is 2.22. The van der Waals surface area contributed by atoms with E-state index in [0.29, 0.717) is 16.8 Å². The second-order valence-electron chi connectivity index (χ2n) is 9.00. The highest BCUT2D eigenvalue weighted by Gasteiger charge is 2.14. The van der Waals surface area contributed by atoms with Crippen molar-refractivity contribution >= 4 is 46.8 Å². The molecule has 0 bridgehead atoms. The van der Waals surface area contributed by atoms with E-state index in [1.54, 1.807) is 42.5 Å². The Balaban J connectivity index is 1.47. The number of hydrogen-bond acceptors (Lipinski definition) is 4. The molecule has 4 N–H and O–H groups in total. The van der Waals surface area contributed by atoms with Crippen molar-refractivity contribution in [1.82, 2.24) is 16.2 Å². The molecule has 8 heteroatoms. The van der Waals surface area contributed by atoms with E-state index in [-0.39, 0.29) is 16.4 Å². The molecule has 0 spiro atoms. The summed E-state index contributed by atoms with van der Waals surface area (Å²) in [6, 6.07) is 23.2. The predicted molar refractivity (Wildman–Crippen MR) is 146 cm³/mol. The number of amides is 3. The lowest BCUT2D eigenvalue weighted by molar-refractivity contribution is -0.115. The Labute approximate surface area is 216 Å².